The molecule has 2 nitrogen and oxygen atoms in total. The Bertz CT molecular complexity index is 537. The van der Waals surface area contributed by atoms with Crippen LogP contribution in [0.25, 0.3) is 0 Å². The highest BCUT2D eigenvalue weighted by atomic mass is 35.5. The van der Waals surface area contributed by atoms with E-state index in [9.17, 15) is 0 Å². The van der Waals surface area contributed by atoms with E-state index in [-0.39, 0.29) is 0 Å². The Morgan fingerprint density at radius 3 is 2.40 bits per heavy atom. The number of benzene rings is 2. The third kappa shape index (κ3) is 4.55. The molecule has 0 heterocycles. The summed E-state index contributed by atoms with van der Waals surface area (Å²) in [6.45, 7) is 1.08. The van der Waals surface area contributed by atoms with E-state index >= 15 is 0 Å². The number of nitrogens with zero attached hydrogens (tertiary/aromatic N) is 1. The highest BCUT2D eigenvalue weighted by Crippen LogP contribution is 2.27. The van der Waals surface area contributed by atoms with Crippen LogP contribution in [-0.2, 0) is 6.42 Å². The lowest BCUT2D eigenvalue weighted by Crippen LogP contribution is -2.13. The highest BCUT2D eigenvalue weighted by molar-refractivity contribution is 6.30. The number of rotatable bonds is 6. The van der Waals surface area contributed by atoms with Gasteiger partial charge in [0.25, 0.3) is 0 Å². The Morgan fingerprint density at radius 2 is 1.70 bits per heavy atom. The molecule has 20 heavy (non-hydrogen) atoms. The van der Waals surface area contributed by atoms with Gasteiger partial charge in [-0.1, -0.05) is 29.8 Å². The van der Waals surface area contributed by atoms with E-state index in [1.165, 1.54) is 5.56 Å². The van der Waals surface area contributed by atoms with Gasteiger partial charge < -0.3 is 9.64 Å². The van der Waals surface area contributed by atoms with E-state index in [2.05, 4.69) is 31.1 Å². The van der Waals surface area contributed by atoms with Crippen molar-refractivity contribution >= 4 is 11.6 Å². The predicted octanol–water partition coefficient (Wildman–Crippen LogP) is 4.63. The molecular weight excluding hydrogens is 270 g/mol. The van der Waals surface area contributed by atoms with Crippen molar-refractivity contribution in [3.05, 3.63) is 59.1 Å². The molecule has 2 aromatic carbocycles. The van der Waals surface area contributed by atoms with Crippen LogP contribution in [0.1, 0.15) is 12.0 Å². The van der Waals surface area contributed by atoms with Gasteiger partial charge >= 0.3 is 0 Å². The van der Waals surface area contributed by atoms with E-state index in [4.69, 9.17) is 16.3 Å². The maximum atomic E-state index is 5.95. The van der Waals surface area contributed by atoms with Crippen molar-refractivity contribution in [1.82, 2.24) is 4.90 Å². The Kier molecular flexibility index (Phi) is 5.45. The monoisotopic (exact) mass is 289 g/mol. The molecule has 0 aromatic heterocycles. The lowest BCUT2D eigenvalue weighted by molar-refractivity contribution is 0.398. The largest absolute Gasteiger partial charge is 0.457 e. The summed E-state index contributed by atoms with van der Waals surface area (Å²) in [5.74, 6) is 1.74. The molecule has 0 bridgehead atoms. The first kappa shape index (κ1) is 14.9. The average molecular weight is 290 g/mol. The number of halogens is 1. The van der Waals surface area contributed by atoms with Crippen LogP contribution in [0, 0.1) is 0 Å². The van der Waals surface area contributed by atoms with Crippen molar-refractivity contribution in [3.8, 4) is 11.5 Å². The fourth-order valence-corrected chi connectivity index (χ4v) is 2.15. The van der Waals surface area contributed by atoms with Gasteiger partial charge in [0.05, 0.1) is 0 Å². The van der Waals surface area contributed by atoms with Gasteiger partial charge in [0.1, 0.15) is 11.5 Å². The van der Waals surface area contributed by atoms with Crippen LogP contribution in [0.5, 0.6) is 11.5 Å². The van der Waals surface area contributed by atoms with Crippen LogP contribution >= 0.6 is 11.6 Å². The predicted molar refractivity (Wildman–Crippen MR) is 84.8 cm³/mol. The molecule has 2 aromatic rings. The second-order valence-corrected chi connectivity index (χ2v) is 5.51. The Balaban J connectivity index is 2.05. The summed E-state index contributed by atoms with van der Waals surface area (Å²) in [5.41, 5.74) is 1.24. The number of para-hydroxylation sites is 1. The van der Waals surface area contributed by atoms with Crippen molar-refractivity contribution in [2.45, 2.75) is 12.8 Å². The first-order valence-electron chi connectivity index (χ1n) is 6.81. The molecule has 2 rings (SSSR count). The third-order valence-electron chi connectivity index (χ3n) is 3.07. The molecule has 0 spiro atoms. The summed E-state index contributed by atoms with van der Waals surface area (Å²) in [4.78, 5) is 2.20. The van der Waals surface area contributed by atoms with Crippen LogP contribution < -0.4 is 4.74 Å². The Labute approximate surface area is 125 Å². The van der Waals surface area contributed by atoms with Crippen LogP contribution in [-0.4, -0.2) is 25.5 Å². The third-order valence-corrected chi connectivity index (χ3v) is 3.32. The van der Waals surface area contributed by atoms with Gasteiger partial charge in [-0.25, -0.2) is 0 Å². The molecule has 106 valence electrons. The van der Waals surface area contributed by atoms with Gasteiger partial charge in [0.15, 0.2) is 0 Å². The second kappa shape index (κ2) is 7.32. The number of ether oxygens (including phenoxy) is 1. The quantitative estimate of drug-likeness (QED) is 0.769. The normalized spacial score (nSPS) is 10.8. The molecule has 0 saturated heterocycles. The van der Waals surface area contributed by atoms with E-state index in [0.717, 1.165) is 35.9 Å². The summed E-state index contributed by atoms with van der Waals surface area (Å²) in [6.07, 6.45) is 2.13. The Morgan fingerprint density at radius 1 is 1.00 bits per heavy atom. The van der Waals surface area contributed by atoms with Crippen molar-refractivity contribution in [2.24, 2.45) is 0 Å². The topological polar surface area (TPSA) is 12.5 Å². The van der Waals surface area contributed by atoms with Gasteiger partial charge in [-0.2, -0.15) is 0 Å². The van der Waals surface area contributed by atoms with Gasteiger partial charge in [0, 0.05) is 5.02 Å². The summed E-state index contributed by atoms with van der Waals surface area (Å²) >= 11 is 5.88. The van der Waals surface area contributed by atoms with E-state index < -0.39 is 0 Å². The summed E-state index contributed by atoms with van der Waals surface area (Å²) in [5, 5.41) is 0.719. The summed E-state index contributed by atoms with van der Waals surface area (Å²) < 4.78 is 5.95. The maximum absolute atomic E-state index is 5.95. The zero-order valence-electron chi connectivity index (χ0n) is 12.0. The van der Waals surface area contributed by atoms with Gasteiger partial charge in [-0.05, 0) is 69.4 Å². The molecule has 0 saturated carbocycles. The molecule has 0 fully saturated rings. The smallest absolute Gasteiger partial charge is 0.130 e. The van der Waals surface area contributed by atoms with E-state index in [1.807, 2.05) is 36.4 Å². The number of aryl methyl sites for hydroxylation is 1. The Hall–Kier alpha value is -1.51. The van der Waals surface area contributed by atoms with Crippen LogP contribution in [0.15, 0.2) is 48.5 Å². The summed E-state index contributed by atoms with van der Waals surface area (Å²) in [6, 6.07) is 15.6. The highest BCUT2D eigenvalue weighted by Gasteiger charge is 2.04. The van der Waals surface area contributed by atoms with Crippen molar-refractivity contribution < 1.29 is 4.74 Å². The van der Waals surface area contributed by atoms with Crippen molar-refractivity contribution in [1.29, 1.82) is 0 Å². The lowest BCUT2D eigenvalue weighted by Gasteiger charge is -2.13. The van der Waals surface area contributed by atoms with Crippen molar-refractivity contribution in [2.75, 3.05) is 20.6 Å². The van der Waals surface area contributed by atoms with Gasteiger partial charge in [0.2, 0.25) is 0 Å². The molecule has 0 atom stereocenters. The molecule has 0 aliphatic carbocycles. The zero-order chi connectivity index (χ0) is 14.4. The average Bonchev–Trinajstić information content (AvgIpc) is 2.43. The molecule has 0 unspecified atom stereocenters. The zero-order valence-corrected chi connectivity index (χ0v) is 12.7. The minimum atomic E-state index is 0.719. The fraction of sp³-hybridized carbons (Fsp3) is 0.294. The van der Waals surface area contributed by atoms with Crippen LogP contribution in [0.3, 0.4) is 0 Å². The minimum Gasteiger partial charge on any atom is -0.457 e. The minimum absolute atomic E-state index is 0.719. The standard InChI is InChI=1S/C17H20ClNO/c1-19(2)13-5-7-14-6-3-4-8-17(14)20-16-11-9-15(18)10-12-16/h3-4,6,8-12H,5,7,13H2,1-2H3. The first-order chi connectivity index (χ1) is 9.65. The molecule has 0 aliphatic rings. The van der Waals surface area contributed by atoms with E-state index in [1.54, 1.807) is 0 Å². The molecular formula is C17H20ClNO. The fourth-order valence-electron chi connectivity index (χ4n) is 2.03. The summed E-state index contributed by atoms with van der Waals surface area (Å²) in [7, 11) is 4.19. The first-order valence-corrected chi connectivity index (χ1v) is 7.19. The van der Waals surface area contributed by atoms with Gasteiger partial charge in [-0.15, -0.1) is 0 Å². The molecule has 0 amide bonds. The van der Waals surface area contributed by atoms with Crippen LogP contribution in [0.4, 0.5) is 0 Å². The molecule has 0 aliphatic heterocycles. The molecule has 0 radical (unpaired) electrons. The van der Waals surface area contributed by atoms with Gasteiger partial charge in [-0.3, -0.25) is 0 Å². The lowest BCUT2D eigenvalue weighted by atomic mass is 10.1. The maximum Gasteiger partial charge on any atom is 0.130 e. The SMILES string of the molecule is CN(C)CCCc1ccccc1Oc1ccc(Cl)cc1. The number of hydrogen-bond acceptors (Lipinski definition) is 2. The molecule has 3 heteroatoms. The second-order valence-electron chi connectivity index (χ2n) is 5.07. The van der Waals surface area contributed by atoms with Crippen molar-refractivity contribution in [3.63, 3.8) is 0 Å². The van der Waals surface area contributed by atoms with Crippen LogP contribution in [0.2, 0.25) is 5.02 Å². The molecule has 0 N–H and O–H groups in total. The number of hydrogen-bond donors (Lipinski definition) is 0. The van der Waals surface area contributed by atoms with E-state index in [0.29, 0.717) is 0 Å².